The summed E-state index contributed by atoms with van der Waals surface area (Å²) in [6.45, 7) is 5.81. The predicted octanol–water partition coefficient (Wildman–Crippen LogP) is 2.24. The topological polar surface area (TPSA) is 61.4 Å². The highest BCUT2D eigenvalue weighted by atomic mass is 32.1. The van der Waals surface area contributed by atoms with Gasteiger partial charge in [-0.25, -0.2) is 4.79 Å². The number of rotatable bonds is 5. The molecule has 1 aromatic heterocycles. The van der Waals surface area contributed by atoms with E-state index in [1.165, 1.54) is 5.56 Å². The smallest absolute Gasteiger partial charge is 0.317 e. The number of thiophene rings is 1. The molecule has 2 atom stereocenters. The lowest BCUT2D eigenvalue weighted by Gasteiger charge is -2.32. The lowest BCUT2D eigenvalue weighted by atomic mass is 9.97. The highest BCUT2D eigenvalue weighted by molar-refractivity contribution is 7.07. The van der Waals surface area contributed by atoms with E-state index in [4.69, 9.17) is 0 Å². The third-order valence-electron chi connectivity index (χ3n) is 3.92. The predicted molar refractivity (Wildman–Crippen MR) is 89.0 cm³/mol. The number of piperidine rings is 1. The van der Waals surface area contributed by atoms with Gasteiger partial charge in [-0.05, 0) is 55.5 Å². The number of nitrogens with one attached hydrogen (secondary N) is 2. The van der Waals surface area contributed by atoms with Crippen molar-refractivity contribution < 1.29 is 9.59 Å². The standard InChI is InChI=1S/C16H25N3O2S/c1-3-17-15(20)14-5-4-7-19(10-14)16(21)18-12(2)9-13-6-8-22-11-13/h6,8,11-12,14H,3-5,7,9-10H2,1-2H3,(H,17,20)(H,18,21)/t12-,14+/m1/s1. The Hall–Kier alpha value is -1.56. The van der Waals surface area contributed by atoms with E-state index in [-0.39, 0.29) is 23.9 Å². The fraction of sp³-hybridized carbons (Fsp3) is 0.625. The Balaban J connectivity index is 1.82. The number of carbonyl (C=O) groups excluding carboxylic acids is 2. The van der Waals surface area contributed by atoms with Gasteiger partial charge in [0, 0.05) is 25.7 Å². The molecule has 0 unspecified atom stereocenters. The quantitative estimate of drug-likeness (QED) is 0.873. The summed E-state index contributed by atoms with van der Waals surface area (Å²) in [5, 5.41) is 10.0. The number of carbonyl (C=O) groups is 2. The normalized spacial score (nSPS) is 19.5. The van der Waals surface area contributed by atoms with Crippen molar-refractivity contribution in [1.29, 1.82) is 0 Å². The number of urea groups is 1. The number of likely N-dealkylation sites (tertiary alicyclic amines) is 1. The largest absolute Gasteiger partial charge is 0.356 e. The summed E-state index contributed by atoms with van der Waals surface area (Å²) in [7, 11) is 0. The van der Waals surface area contributed by atoms with Crippen LogP contribution >= 0.6 is 11.3 Å². The molecule has 0 bridgehead atoms. The van der Waals surface area contributed by atoms with Gasteiger partial charge in [-0.3, -0.25) is 4.79 Å². The number of hydrogen-bond acceptors (Lipinski definition) is 3. The van der Waals surface area contributed by atoms with Gasteiger partial charge in [0.25, 0.3) is 0 Å². The molecule has 0 spiro atoms. The molecule has 122 valence electrons. The third-order valence-corrected chi connectivity index (χ3v) is 4.65. The van der Waals surface area contributed by atoms with Crippen LogP contribution in [0.15, 0.2) is 16.8 Å². The molecule has 2 heterocycles. The molecule has 22 heavy (non-hydrogen) atoms. The molecule has 1 fully saturated rings. The van der Waals surface area contributed by atoms with Crippen LogP contribution in [0.1, 0.15) is 32.3 Å². The van der Waals surface area contributed by atoms with E-state index in [1.807, 2.05) is 19.2 Å². The molecule has 1 aromatic rings. The fourth-order valence-corrected chi connectivity index (χ4v) is 3.49. The zero-order chi connectivity index (χ0) is 15.9. The van der Waals surface area contributed by atoms with Crippen molar-refractivity contribution in [3.8, 4) is 0 Å². The van der Waals surface area contributed by atoms with E-state index in [1.54, 1.807) is 16.2 Å². The van der Waals surface area contributed by atoms with Crippen LogP contribution in [-0.2, 0) is 11.2 Å². The molecule has 0 radical (unpaired) electrons. The van der Waals surface area contributed by atoms with Crippen molar-refractivity contribution >= 4 is 23.3 Å². The van der Waals surface area contributed by atoms with Gasteiger partial charge in [-0.2, -0.15) is 11.3 Å². The molecular weight excluding hydrogens is 298 g/mol. The van der Waals surface area contributed by atoms with Crippen LogP contribution in [0.2, 0.25) is 0 Å². The second-order valence-electron chi connectivity index (χ2n) is 5.87. The van der Waals surface area contributed by atoms with Crippen LogP contribution in [-0.4, -0.2) is 42.5 Å². The van der Waals surface area contributed by atoms with Crippen molar-refractivity contribution in [2.75, 3.05) is 19.6 Å². The van der Waals surface area contributed by atoms with Crippen molar-refractivity contribution in [2.24, 2.45) is 5.92 Å². The van der Waals surface area contributed by atoms with Gasteiger partial charge in [0.05, 0.1) is 5.92 Å². The van der Waals surface area contributed by atoms with Gasteiger partial charge in [0.1, 0.15) is 0 Å². The third kappa shape index (κ3) is 4.73. The molecule has 3 amide bonds. The highest BCUT2D eigenvalue weighted by Crippen LogP contribution is 2.17. The van der Waals surface area contributed by atoms with Crippen molar-refractivity contribution in [1.82, 2.24) is 15.5 Å². The molecule has 5 nitrogen and oxygen atoms in total. The van der Waals surface area contributed by atoms with Gasteiger partial charge in [-0.1, -0.05) is 0 Å². The van der Waals surface area contributed by atoms with E-state index in [0.717, 1.165) is 25.8 Å². The summed E-state index contributed by atoms with van der Waals surface area (Å²) >= 11 is 1.67. The van der Waals surface area contributed by atoms with Gasteiger partial charge >= 0.3 is 6.03 Å². The molecule has 0 aromatic carbocycles. The number of hydrogen-bond donors (Lipinski definition) is 2. The number of amides is 3. The lowest BCUT2D eigenvalue weighted by molar-refractivity contribution is -0.126. The second-order valence-corrected chi connectivity index (χ2v) is 6.65. The Kier molecular flexibility index (Phi) is 6.24. The molecule has 0 aliphatic carbocycles. The van der Waals surface area contributed by atoms with Crippen LogP contribution in [0.4, 0.5) is 4.79 Å². The number of nitrogens with zero attached hydrogens (tertiary/aromatic N) is 1. The zero-order valence-electron chi connectivity index (χ0n) is 13.3. The van der Waals surface area contributed by atoms with Gasteiger partial charge in [-0.15, -0.1) is 0 Å². The minimum Gasteiger partial charge on any atom is -0.356 e. The maximum Gasteiger partial charge on any atom is 0.317 e. The summed E-state index contributed by atoms with van der Waals surface area (Å²) in [5.41, 5.74) is 1.25. The van der Waals surface area contributed by atoms with Crippen LogP contribution in [0.25, 0.3) is 0 Å². The van der Waals surface area contributed by atoms with E-state index < -0.39 is 0 Å². The van der Waals surface area contributed by atoms with Gasteiger partial charge < -0.3 is 15.5 Å². The van der Waals surface area contributed by atoms with Crippen molar-refractivity contribution in [2.45, 2.75) is 39.2 Å². The van der Waals surface area contributed by atoms with E-state index in [0.29, 0.717) is 13.1 Å². The summed E-state index contributed by atoms with van der Waals surface area (Å²) in [6, 6.07) is 2.11. The Morgan fingerprint density at radius 2 is 2.32 bits per heavy atom. The van der Waals surface area contributed by atoms with Crippen LogP contribution in [0.3, 0.4) is 0 Å². The molecule has 6 heteroatoms. The summed E-state index contributed by atoms with van der Waals surface area (Å²) in [5.74, 6) is -0.0158. The average Bonchev–Trinajstić information content (AvgIpc) is 3.00. The first-order chi connectivity index (χ1) is 10.6. The molecule has 1 aliphatic heterocycles. The Morgan fingerprint density at radius 1 is 1.50 bits per heavy atom. The first-order valence-electron chi connectivity index (χ1n) is 7.94. The Morgan fingerprint density at radius 3 is 3.00 bits per heavy atom. The van der Waals surface area contributed by atoms with Crippen molar-refractivity contribution in [3.05, 3.63) is 22.4 Å². The molecule has 2 rings (SSSR count). The maximum absolute atomic E-state index is 12.3. The summed E-state index contributed by atoms with van der Waals surface area (Å²) in [6.07, 6.45) is 2.58. The molecular formula is C16H25N3O2S. The maximum atomic E-state index is 12.3. The fourth-order valence-electron chi connectivity index (χ4n) is 2.81. The minimum absolute atomic E-state index is 0.0586. The van der Waals surface area contributed by atoms with Gasteiger partial charge in [0.15, 0.2) is 0 Å². The first-order valence-corrected chi connectivity index (χ1v) is 8.88. The molecule has 1 aliphatic rings. The monoisotopic (exact) mass is 323 g/mol. The van der Waals surface area contributed by atoms with Gasteiger partial charge in [0.2, 0.25) is 5.91 Å². The molecule has 1 saturated heterocycles. The van der Waals surface area contributed by atoms with Crippen LogP contribution in [0, 0.1) is 5.92 Å². The average molecular weight is 323 g/mol. The van der Waals surface area contributed by atoms with Crippen LogP contribution < -0.4 is 10.6 Å². The van der Waals surface area contributed by atoms with E-state index in [2.05, 4.69) is 22.1 Å². The second kappa shape index (κ2) is 8.17. The van der Waals surface area contributed by atoms with Crippen molar-refractivity contribution in [3.63, 3.8) is 0 Å². The molecule has 0 saturated carbocycles. The minimum atomic E-state index is -0.0772. The summed E-state index contributed by atoms with van der Waals surface area (Å²) in [4.78, 5) is 26.1. The lowest BCUT2D eigenvalue weighted by Crippen LogP contribution is -2.50. The Labute approximate surface area is 136 Å². The van der Waals surface area contributed by atoms with E-state index >= 15 is 0 Å². The first kappa shape index (κ1) is 16.8. The highest BCUT2D eigenvalue weighted by Gasteiger charge is 2.28. The SMILES string of the molecule is CCNC(=O)[C@H]1CCCN(C(=O)N[C@H](C)Cc2ccsc2)C1. The molecule has 2 N–H and O–H groups in total. The Bertz CT molecular complexity index is 490. The van der Waals surface area contributed by atoms with E-state index in [9.17, 15) is 9.59 Å². The summed E-state index contributed by atoms with van der Waals surface area (Å²) < 4.78 is 0. The van der Waals surface area contributed by atoms with Crippen LogP contribution in [0.5, 0.6) is 0 Å². The zero-order valence-corrected chi connectivity index (χ0v) is 14.1.